The van der Waals surface area contributed by atoms with Gasteiger partial charge in [0.05, 0.1) is 25.0 Å². The van der Waals surface area contributed by atoms with E-state index in [4.69, 9.17) is 33.8 Å². The van der Waals surface area contributed by atoms with Crippen molar-refractivity contribution in [3.63, 3.8) is 0 Å². The SMILES string of the molecule is CSCCC(NC(=O)[C@H](CCC(N)=O)NC(=O)C(CC(N)=O)NC(=O)[C@H](Cc1c[nH]c2ccccc12)NC(=O)[C@@H](NC(=O)[C@H](CCSC)NC(=O)C(N)CSSCC(NC(=O)CCCN)C(=O)NCC(=O)O)[C@@H](C)O)C(=O)N[C@@H](CC(N)=O)C(=O)NC(CC(C)C)C(=O)O. The van der Waals surface area contributed by atoms with Gasteiger partial charge in [0, 0.05) is 47.9 Å². The smallest absolute Gasteiger partial charge is 0.326 e. The van der Waals surface area contributed by atoms with Crippen LogP contribution in [0.2, 0.25) is 0 Å². The molecule has 0 fully saturated rings. The Balaban J connectivity index is 2.47. The Morgan fingerprint density at radius 3 is 1.52 bits per heavy atom. The van der Waals surface area contributed by atoms with Crippen molar-refractivity contribution in [1.82, 2.24) is 58.2 Å². The van der Waals surface area contributed by atoms with E-state index in [1.807, 2.05) is 0 Å². The summed E-state index contributed by atoms with van der Waals surface area (Å²) in [6, 6.07) is -8.98. The van der Waals surface area contributed by atoms with Crippen LogP contribution in [0, 0.1) is 5.92 Å². The molecule has 34 nitrogen and oxygen atoms in total. The number of hydrogen-bond donors (Lipinski definition) is 19. The molecule has 13 amide bonds. The number of carbonyl (C=O) groups is 15. The standard InChI is InChI=1S/C56H88N16O18S4/c1-27(2)19-39(56(89)90)71-54(87)38(22-43(61)76)68-50(83)34(14-17-91-4)67-49(82)33(12-13-41(59)74)66-53(86)37(21-42(60)75)69-52(85)36(20-29-23-62-32-10-7-6-9-30(29)32)70-55(88)46(28(3)73)72-51(84)35(15-18-92-5)65-47(80)31(58)25-93-94-26-40(48(81)63-24-45(78)79)64-44(77)11-8-16-57/h6-7,9-10,23,27-28,31,33-40,46,62,73H,8,11-22,24-26,57-58H2,1-5H3,(H2,59,74)(H2,60,75)(H2,61,76)(H,63,81)(H,64,77)(H,65,80)(H,66,86)(H,67,82)(H,68,83)(H,69,85)(H,70,88)(H,71,87)(H,72,84)(H,78,79)(H,89,90)/t28-,31?,33+,34?,35+,36+,37?,38+,39?,40?,46+/m1/s1. The van der Waals surface area contributed by atoms with Crippen molar-refractivity contribution in [2.24, 2.45) is 34.6 Å². The van der Waals surface area contributed by atoms with Gasteiger partial charge in [-0.15, -0.1) is 0 Å². The van der Waals surface area contributed by atoms with Gasteiger partial charge in [-0.3, -0.25) is 67.1 Å². The van der Waals surface area contributed by atoms with Crippen molar-refractivity contribution in [3.05, 3.63) is 36.0 Å². The number of primary amides is 3. The highest BCUT2D eigenvalue weighted by Crippen LogP contribution is 2.24. The van der Waals surface area contributed by atoms with Crippen LogP contribution in [-0.2, 0) is 78.3 Å². The number of aromatic amines is 1. The van der Waals surface area contributed by atoms with Gasteiger partial charge < -0.3 is 102 Å². The minimum atomic E-state index is -1.95. The largest absolute Gasteiger partial charge is 0.480 e. The Morgan fingerprint density at radius 2 is 1.02 bits per heavy atom. The van der Waals surface area contributed by atoms with E-state index in [0.717, 1.165) is 28.5 Å². The monoisotopic (exact) mass is 1400 g/mol. The number of carbonyl (C=O) groups excluding carboxylic acids is 13. The summed E-state index contributed by atoms with van der Waals surface area (Å²) in [5.74, 6) is -15.7. The molecule has 2 rings (SSSR count). The van der Waals surface area contributed by atoms with Crippen LogP contribution in [0.4, 0.5) is 0 Å². The molecule has 0 bridgehead atoms. The highest BCUT2D eigenvalue weighted by atomic mass is 33.1. The van der Waals surface area contributed by atoms with Crippen LogP contribution in [0.3, 0.4) is 0 Å². The average molecular weight is 1400 g/mol. The molecule has 0 saturated carbocycles. The first kappa shape index (κ1) is 82.2. The minimum Gasteiger partial charge on any atom is -0.480 e. The number of nitrogens with one attached hydrogen (secondary N) is 11. The zero-order chi connectivity index (χ0) is 70.8. The molecule has 524 valence electrons. The molecule has 1 aromatic carbocycles. The van der Waals surface area contributed by atoms with Crippen LogP contribution < -0.4 is 81.8 Å². The first-order valence-electron chi connectivity index (χ1n) is 29.5. The lowest BCUT2D eigenvalue weighted by molar-refractivity contribution is -0.143. The van der Waals surface area contributed by atoms with E-state index in [0.29, 0.717) is 22.9 Å². The molecule has 24 N–H and O–H groups in total. The van der Waals surface area contributed by atoms with E-state index in [1.54, 1.807) is 50.6 Å². The first-order chi connectivity index (χ1) is 44.3. The number of carboxylic acids is 2. The molecule has 11 atom stereocenters. The molecule has 0 aliphatic carbocycles. The van der Waals surface area contributed by atoms with Crippen LogP contribution in [0.1, 0.15) is 84.1 Å². The Morgan fingerprint density at radius 1 is 0.543 bits per heavy atom. The summed E-state index contributed by atoms with van der Waals surface area (Å²) < 4.78 is 0. The zero-order valence-corrected chi connectivity index (χ0v) is 55.9. The van der Waals surface area contributed by atoms with Crippen molar-refractivity contribution >= 4 is 145 Å². The van der Waals surface area contributed by atoms with Gasteiger partial charge in [0.2, 0.25) is 76.8 Å². The Kier molecular flexibility index (Phi) is 37.7. The minimum absolute atomic E-state index is 0.00508. The van der Waals surface area contributed by atoms with E-state index in [1.165, 1.54) is 29.7 Å². The van der Waals surface area contributed by atoms with E-state index in [2.05, 4.69) is 58.2 Å². The van der Waals surface area contributed by atoms with Crippen molar-refractivity contribution in [3.8, 4) is 0 Å². The average Bonchev–Trinajstić information content (AvgIpc) is 1.61. The van der Waals surface area contributed by atoms with Crippen molar-refractivity contribution in [2.45, 2.75) is 152 Å². The second-order valence-electron chi connectivity index (χ2n) is 21.9. The number of benzene rings is 1. The highest BCUT2D eigenvalue weighted by molar-refractivity contribution is 8.76. The van der Waals surface area contributed by atoms with Gasteiger partial charge in [0.15, 0.2) is 0 Å². The van der Waals surface area contributed by atoms with Crippen LogP contribution in [-0.4, -0.2) is 224 Å². The lowest BCUT2D eigenvalue weighted by Crippen LogP contribution is -2.62. The zero-order valence-electron chi connectivity index (χ0n) is 52.6. The van der Waals surface area contributed by atoms with Gasteiger partial charge in [-0.05, 0) is 87.1 Å². The summed E-state index contributed by atoms with van der Waals surface area (Å²) in [4.78, 5) is 200. The summed E-state index contributed by atoms with van der Waals surface area (Å²) in [7, 11) is 2.06. The third-order valence-corrected chi connectivity index (χ3v) is 17.3. The maximum Gasteiger partial charge on any atom is 0.326 e. The molecule has 0 radical (unpaired) electrons. The van der Waals surface area contributed by atoms with Gasteiger partial charge in [0.25, 0.3) is 0 Å². The molecular weight excluding hydrogens is 1310 g/mol. The first-order valence-corrected chi connectivity index (χ1v) is 34.8. The van der Waals surface area contributed by atoms with Gasteiger partial charge in [0.1, 0.15) is 60.9 Å². The van der Waals surface area contributed by atoms with E-state index >= 15 is 0 Å². The Labute approximate surface area is 558 Å². The number of para-hydroxylation sites is 1. The number of rotatable bonds is 47. The lowest BCUT2D eigenvalue weighted by Gasteiger charge is -2.28. The molecule has 1 heterocycles. The number of nitrogens with two attached hydrogens (primary N) is 5. The maximum absolute atomic E-state index is 14.6. The molecule has 1 aromatic heterocycles. The molecule has 94 heavy (non-hydrogen) atoms. The fraction of sp³-hybridized carbons (Fsp3) is 0.589. The summed E-state index contributed by atoms with van der Waals surface area (Å²) in [6.07, 6.45) is 0.150. The maximum atomic E-state index is 14.6. The van der Waals surface area contributed by atoms with E-state index < -0.39 is 187 Å². The number of aliphatic carboxylic acids is 2. The molecule has 0 saturated heterocycles. The number of amides is 13. The molecular formula is C56H88N16O18S4. The summed E-state index contributed by atoms with van der Waals surface area (Å²) in [6.45, 7) is 4.05. The molecule has 0 spiro atoms. The quantitative estimate of drug-likeness (QED) is 0.0217. The van der Waals surface area contributed by atoms with E-state index in [-0.39, 0.29) is 67.6 Å². The molecule has 0 aliphatic heterocycles. The molecule has 2 aromatic rings. The highest BCUT2D eigenvalue weighted by Gasteiger charge is 2.37. The molecule has 0 aliphatic rings. The third-order valence-electron chi connectivity index (χ3n) is 13.6. The van der Waals surface area contributed by atoms with Gasteiger partial charge in [-0.1, -0.05) is 53.6 Å². The Hall–Kier alpha value is -7.91. The van der Waals surface area contributed by atoms with Crippen LogP contribution >= 0.6 is 45.1 Å². The third kappa shape index (κ3) is 30.9. The Bertz CT molecular complexity index is 2960. The number of aliphatic hydroxyl groups is 1. The number of hydrogen-bond acceptors (Lipinski definition) is 22. The number of aliphatic hydroxyl groups excluding tert-OH is 1. The molecule has 5 unspecified atom stereocenters. The topological polar surface area (TPSA) is 583 Å². The number of H-pyrrole nitrogens is 1. The normalized spacial score (nSPS) is 14.6. The second kappa shape index (κ2) is 43.1. The van der Waals surface area contributed by atoms with Crippen LogP contribution in [0.5, 0.6) is 0 Å². The van der Waals surface area contributed by atoms with Crippen molar-refractivity contribution in [1.29, 1.82) is 0 Å². The fourth-order valence-corrected chi connectivity index (χ4v) is 11.9. The van der Waals surface area contributed by atoms with Crippen LogP contribution in [0.25, 0.3) is 10.9 Å². The summed E-state index contributed by atoms with van der Waals surface area (Å²) >= 11 is 2.53. The summed E-state index contributed by atoms with van der Waals surface area (Å²) in [5, 5.41) is 54.3. The second-order valence-corrected chi connectivity index (χ2v) is 26.4. The van der Waals surface area contributed by atoms with Crippen molar-refractivity contribution < 1.29 is 87.2 Å². The van der Waals surface area contributed by atoms with Crippen molar-refractivity contribution in [2.75, 3.05) is 48.6 Å². The fourth-order valence-electron chi connectivity index (χ4n) is 8.68. The van der Waals surface area contributed by atoms with Gasteiger partial charge in [-0.25, -0.2) is 4.79 Å². The predicted molar refractivity (Wildman–Crippen MR) is 352 cm³/mol. The van der Waals surface area contributed by atoms with E-state index in [9.17, 15) is 82.1 Å². The number of carboxylic acid groups (broad SMARTS) is 2. The predicted octanol–water partition coefficient (Wildman–Crippen LogP) is -5.24. The number of fused-ring (bicyclic) bond motifs is 1. The number of thioether (sulfide) groups is 2. The molecule has 38 heteroatoms. The summed E-state index contributed by atoms with van der Waals surface area (Å²) in [5.41, 5.74) is 29.1. The number of aromatic nitrogens is 1. The lowest BCUT2D eigenvalue weighted by atomic mass is 10.0. The van der Waals surface area contributed by atoms with Crippen LogP contribution in [0.15, 0.2) is 30.5 Å². The van der Waals surface area contributed by atoms with Gasteiger partial charge in [-0.2, -0.15) is 23.5 Å². The van der Waals surface area contributed by atoms with Gasteiger partial charge >= 0.3 is 11.9 Å².